The van der Waals surface area contributed by atoms with E-state index in [0.29, 0.717) is 17.3 Å². The highest BCUT2D eigenvalue weighted by molar-refractivity contribution is 7.16. The normalized spacial score (nSPS) is 14.3. The van der Waals surface area contributed by atoms with Crippen molar-refractivity contribution >= 4 is 45.0 Å². The number of para-hydroxylation sites is 2. The van der Waals surface area contributed by atoms with Crippen molar-refractivity contribution in [3.8, 4) is 0 Å². The van der Waals surface area contributed by atoms with Gasteiger partial charge in [-0.05, 0) is 62.3 Å². The van der Waals surface area contributed by atoms with Crippen LogP contribution in [0.3, 0.4) is 0 Å². The Hall–Kier alpha value is -3.45. The Balaban J connectivity index is 1.44. The van der Waals surface area contributed by atoms with E-state index in [4.69, 9.17) is 14.7 Å². The third-order valence-electron chi connectivity index (χ3n) is 6.84. The Bertz CT molecular complexity index is 1340. The number of nitrogens with one attached hydrogen (secondary N) is 1. The maximum Gasteiger partial charge on any atom is 0.341 e. The van der Waals surface area contributed by atoms with E-state index in [0.717, 1.165) is 64.6 Å². The summed E-state index contributed by atoms with van der Waals surface area (Å²) in [4.78, 5) is 25.9. The second kappa shape index (κ2) is 10.0. The molecular formula is C28H30N4O2S. The number of benzene rings is 2. The first-order valence-corrected chi connectivity index (χ1v) is 12.9. The monoisotopic (exact) mass is 486 g/mol. The molecule has 7 heteroatoms. The van der Waals surface area contributed by atoms with E-state index in [2.05, 4.69) is 40.5 Å². The molecule has 1 fully saturated rings. The zero-order valence-corrected chi connectivity index (χ0v) is 21.2. The van der Waals surface area contributed by atoms with E-state index in [1.807, 2.05) is 38.1 Å². The summed E-state index contributed by atoms with van der Waals surface area (Å²) in [5, 5.41) is 4.21. The largest absolute Gasteiger partial charge is 0.465 e. The van der Waals surface area contributed by atoms with Crippen molar-refractivity contribution in [3.05, 3.63) is 76.2 Å². The lowest BCUT2D eigenvalue weighted by Gasteiger charge is -2.33. The molecule has 1 aliphatic heterocycles. The van der Waals surface area contributed by atoms with Gasteiger partial charge in [0.1, 0.15) is 5.00 Å². The third-order valence-corrected chi connectivity index (χ3v) is 7.96. The van der Waals surface area contributed by atoms with Gasteiger partial charge in [-0.3, -0.25) is 0 Å². The predicted octanol–water partition coefficient (Wildman–Crippen LogP) is 6.30. The van der Waals surface area contributed by atoms with Gasteiger partial charge in [-0.2, -0.15) is 0 Å². The van der Waals surface area contributed by atoms with Crippen LogP contribution in [0.4, 0.5) is 16.6 Å². The summed E-state index contributed by atoms with van der Waals surface area (Å²) >= 11 is 1.54. The van der Waals surface area contributed by atoms with Crippen LogP contribution < -0.4 is 10.2 Å². The standard InChI is InChI=1S/C28H30N4O2S/c1-18-19(2)35-27(24(18)28(33)34-3)31-25-26(30-23-12-8-7-11-22(23)29-25)32-15-13-21(14-16-32)17-20-9-5-4-6-10-20/h4-12,21H,13-17H2,1-3H3,(H,29,31). The number of thiophene rings is 1. The highest BCUT2D eigenvalue weighted by Crippen LogP contribution is 2.38. The summed E-state index contributed by atoms with van der Waals surface area (Å²) < 4.78 is 5.07. The number of piperidine rings is 1. The van der Waals surface area contributed by atoms with Gasteiger partial charge in [-0.1, -0.05) is 42.5 Å². The number of fused-ring (bicyclic) bond motifs is 1. The first-order chi connectivity index (χ1) is 17.0. The molecule has 0 radical (unpaired) electrons. The number of hydrogen-bond donors (Lipinski definition) is 1. The average molecular weight is 487 g/mol. The highest BCUT2D eigenvalue weighted by Gasteiger charge is 2.26. The summed E-state index contributed by atoms with van der Waals surface area (Å²) in [5.41, 5.74) is 4.59. The Labute approximate surface area is 210 Å². The number of anilines is 3. The zero-order valence-electron chi connectivity index (χ0n) is 20.4. The lowest BCUT2D eigenvalue weighted by molar-refractivity contribution is 0.0601. The maximum atomic E-state index is 12.5. The molecule has 180 valence electrons. The second-order valence-electron chi connectivity index (χ2n) is 9.11. The first kappa shape index (κ1) is 23.3. The fourth-order valence-electron chi connectivity index (χ4n) is 4.76. The molecule has 1 saturated heterocycles. The molecule has 35 heavy (non-hydrogen) atoms. The first-order valence-electron chi connectivity index (χ1n) is 12.0. The molecule has 0 saturated carbocycles. The van der Waals surface area contributed by atoms with Crippen molar-refractivity contribution in [2.75, 3.05) is 30.4 Å². The van der Waals surface area contributed by atoms with E-state index in [1.165, 1.54) is 12.7 Å². The van der Waals surface area contributed by atoms with Crippen LogP contribution in [0.15, 0.2) is 54.6 Å². The van der Waals surface area contributed by atoms with Gasteiger partial charge >= 0.3 is 5.97 Å². The number of hydrogen-bond acceptors (Lipinski definition) is 7. The summed E-state index contributed by atoms with van der Waals surface area (Å²) in [6.45, 7) is 5.81. The quantitative estimate of drug-likeness (QED) is 0.323. The fourth-order valence-corrected chi connectivity index (χ4v) is 5.81. The van der Waals surface area contributed by atoms with Gasteiger partial charge in [0.05, 0.1) is 23.7 Å². The Kier molecular flexibility index (Phi) is 6.68. The van der Waals surface area contributed by atoms with Gasteiger partial charge in [0.25, 0.3) is 0 Å². The number of rotatable bonds is 6. The van der Waals surface area contributed by atoms with Crippen LogP contribution in [-0.4, -0.2) is 36.1 Å². The Morgan fingerprint density at radius 1 is 1.03 bits per heavy atom. The van der Waals surface area contributed by atoms with Crippen molar-refractivity contribution in [1.82, 2.24) is 9.97 Å². The number of carbonyl (C=O) groups is 1. The van der Waals surface area contributed by atoms with Crippen LogP contribution in [0.5, 0.6) is 0 Å². The number of nitrogens with zero attached hydrogens (tertiary/aromatic N) is 3. The van der Waals surface area contributed by atoms with Crippen molar-refractivity contribution < 1.29 is 9.53 Å². The topological polar surface area (TPSA) is 67.3 Å². The smallest absolute Gasteiger partial charge is 0.341 e. The van der Waals surface area contributed by atoms with Crippen LogP contribution in [0.25, 0.3) is 11.0 Å². The molecule has 0 aliphatic carbocycles. The third kappa shape index (κ3) is 4.86. The lowest BCUT2D eigenvalue weighted by atomic mass is 9.90. The number of carbonyl (C=O) groups excluding carboxylic acids is 1. The van der Waals surface area contributed by atoms with Gasteiger partial charge in [-0.25, -0.2) is 14.8 Å². The molecule has 0 spiro atoms. The molecule has 1 N–H and O–H groups in total. The molecule has 3 heterocycles. The summed E-state index contributed by atoms with van der Waals surface area (Å²) in [5.74, 6) is 1.83. The molecule has 2 aromatic carbocycles. The second-order valence-corrected chi connectivity index (χ2v) is 10.3. The van der Waals surface area contributed by atoms with Crippen LogP contribution in [0.1, 0.15) is 39.2 Å². The van der Waals surface area contributed by atoms with E-state index in [-0.39, 0.29) is 5.97 Å². The van der Waals surface area contributed by atoms with Gasteiger partial charge in [0.2, 0.25) is 0 Å². The highest BCUT2D eigenvalue weighted by atomic mass is 32.1. The average Bonchev–Trinajstić information content (AvgIpc) is 3.16. The van der Waals surface area contributed by atoms with E-state index in [9.17, 15) is 4.79 Å². The van der Waals surface area contributed by atoms with Gasteiger partial charge in [0.15, 0.2) is 11.6 Å². The lowest BCUT2D eigenvalue weighted by Crippen LogP contribution is -2.35. The van der Waals surface area contributed by atoms with Crippen molar-refractivity contribution in [2.24, 2.45) is 5.92 Å². The van der Waals surface area contributed by atoms with Crippen LogP contribution in [-0.2, 0) is 11.2 Å². The van der Waals surface area contributed by atoms with Crippen molar-refractivity contribution in [2.45, 2.75) is 33.1 Å². The zero-order chi connectivity index (χ0) is 24.4. The minimum absolute atomic E-state index is 0.341. The number of ether oxygens (including phenoxy) is 1. The molecule has 6 nitrogen and oxygen atoms in total. The number of esters is 1. The van der Waals surface area contributed by atoms with Crippen LogP contribution in [0, 0.1) is 19.8 Å². The number of methoxy groups -OCH3 is 1. The minimum atomic E-state index is -0.341. The van der Waals surface area contributed by atoms with E-state index in [1.54, 1.807) is 11.3 Å². The van der Waals surface area contributed by atoms with Gasteiger partial charge in [0, 0.05) is 18.0 Å². The Morgan fingerprint density at radius 3 is 2.37 bits per heavy atom. The molecule has 0 bridgehead atoms. The molecule has 2 aromatic heterocycles. The number of aromatic nitrogens is 2. The van der Waals surface area contributed by atoms with Crippen molar-refractivity contribution in [3.63, 3.8) is 0 Å². The maximum absolute atomic E-state index is 12.5. The molecule has 0 unspecified atom stereocenters. The summed E-state index contributed by atoms with van der Waals surface area (Å²) in [7, 11) is 1.42. The molecule has 5 rings (SSSR count). The molecule has 1 aliphatic rings. The van der Waals surface area contributed by atoms with E-state index < -0.39 is 0 Å². The fraction of sp³-hybridized carbons (Fsp3) is 0.321. The van der Waals surface area contributed by atoms with Crippen LogP contribution >= 0.6 is 11.3 Å². The number of aryl methyl sites for hydroxylation is 1. The SMILES string of the molecule is COC(=O)c1c(Nc2nc3ccccc3nc2N2CCC(Cc3ccccc3)CC2)sc(C)c1C. The summed E-state index contributed by atoms with van der Waals surface area (Å²) in [6, 6.07) is 18.7. The molecule has 4 aromatic rings. The van der Waals surface area contributed by atoms with Crippen LogP contribution in [0.2, 0.25) is 0 Å². The predicted molar refractivity (Wildman–Crippen MR) is 143 cm³/mol. The Morgan fingerprint density at radius 2 is 1.69 bits per heavy atom. The van der Waals surface area contributed by atoms with E-state index >= 15 is 0 Å². The molecule has 0 atom stereocenters. The van der Waals surface area contributed by atoms with Crippen molar-refractivity contribution in [1.29, 1.82) is 0 Å². The van der Waals surface area contributed by atoms with Gasteiger partial charge < -0.3 is 15.0 Å². The molecular weight excluding hydrogens is 456 g/mol. The molecule has 0 amide bonds. The summed E-state index contributed by atoms with van der Waals surface area (Å²) in [6.07, 6.45) is 3.32. The minimum Gasteiger partial charge on any atom is -0.465 e. The van der Waals surface area contributed by atoms with Gasteiger partial charge in [-0.15, -0.1) is 11.3 Å².